The molecule has 0 spiro atoms. The van der Waals surface area contributed by atoms with Gasteiger partial charge in [0.05, 0.1) is 0 Å². The second kappa shape index (κ2) is 2.46. The van der Waals surface area contributed by atoms with Gasteiger partial charge in [0, 0.05) is 12.6 Å². The average molecular weight is 114 g/mol. The molecule has 1 saturated heterocycles. The van der Waals surface area contributed by atoms with Gasteiger partial charge in [-0.1, -0.05) is 13.8 Å². The number of nitrogens with one attached hydrogen (secondary N) is 2. The Bertz CT molecular complexity index is 64.9. The van der Waals surface area contributed by atoms with Gasteiger partial charge in [0.15, 0.2) is 0 Å². The second-order valence-corrected chi connectivity index (χ2v) is 2.71. The lowest BCUT2D eigenvalue weighted by Crippen LogP contribution is -2.33. The van der Waals surface area contributed by atoms with Crippen molar-refractivity contribution in [2.24, 2.45) is 5.92 Å². The monoisotopic (exact) mass is 114 g/mol. The van der Waals surface area contributed by atoms with Crippen molar-refractivity contribution >= 4 is 0 Å². The van der Waals surface area contributed by atoms with Crippen LogP contribution < -0.4 is 10.9 Å². The first-order valence-corrected chi connectivity index (χ1v) is 3.29. The summed E-state index contributed by atoms with van der Waals surface area (Å²) in [6.45, 7) is 5.61. The van der Waals surface area contributed by atoms with Crippen LogP contribution in [0.25, 0.3) is 0 Å². The molecule has 1 aliphatic rings. The summed E-state index contributed by atoms with van der Waals surface area (Å²) >= 11 is 0. The molecule has 0 radical (unpaired) electrons. The largest absolute Gasteiger partial charge is 0.258 e. The molecular formula is C6H14N2. The van der Waals surface area contributed by atoms with Crippen molar-refractivity contribution in [1.29, 1.82) is 0 Å². The zero-order valence-electron chi connectivity index (χ0n) is 5.57. The van der Waals surface area contributed by atoms with Crippen LogP contribution in [-0.4, -0.2) is 12.6 Å². The highest BCUT2D eigenvalue weighted by Crippen LogP contribution is 2.06. The van der Waals surface area contributed by atoms with Crippen LogP contribution in [0.15, 0.2) is 0 Å². The predicted molar refractivity (Wildman–Crippen MR) is 34.4 cm³/mol. The quantitative estimate of drug-likeness (QED) is 0.519. The molecule has 1 heterocycles. The van der Waals surface area contributed by atoms with Gasteiger partial charge in [-0.05, 0) is 12.3 Å². The van der Waals surface area contributed by atoms with E-state index in [9.17, 15) is 0 Å². The van der Waals surface area contributed by atoms with E-state index >= 15 is 0 Å². The summed E-state index contributed by atoms with van der Waals surface area (Å²) in [5.41, 5.74) is 6.31. The third kappa shape index (κ3) is 1.20. The number of hydrazine groups is 1. The molecule has 0 bridgehead atoms. The molecule has 1 rings (SSSR count). The van der Waals surface area contributed by atoms with Crippen molar-refractivity contribution in [3.63, 3.8) is 0 Å². The van der Waals surface area contributed by atoms with E-state index < -0.39 is 0 Å². The van der Waals surface area contributed by atoms with E-state index in [-0.39, 0.29) is 0 Å². The minimum Gasteiger partial charge on any atom is -0.258 e. The molecule has 2 nitrogen and oxygen atoms in total. The molecule has 8 heavy (non-hydrogen) atoms. The van der Waals surface area contributed by atoms with Crippen LogP contribution in [0, 0.1) is 5.92 Å². The summed E-state index contributed by atoms with van der Waals surface area (Å²) in [7, 11) is 0. The van der Waals surface area contributed by atoms with E-state index in [1.165, 1.54) is 6.42 Å². The highest BCUT2D eigenvalue weighted by atomic mass is 15.4. The Hall–Kier alpha value is -0.0800. The van der Waals surface area contributed by atoms with Crippen LogP contribution in [-0.2, 0) is 0 Å². The minimum atomic E-state index is 0.704. The summed E-state index contributed by atoms with van der Waals surface area (Å²) in [6, 6.07) is 0.704. The lowest BCUT2D eigenvalue weighted by Gasteiger charge is -2.11. The third-order valence-electron chi connectivity index (χ3n) is 1.67. The standard InChI is InChI=1S/C6H14N2/c1-5(2)6-3-4-7-8-6/h5-8H,3-4H2,1-2H3. The van der Waals surface area contributed by atoms with Crippen molar-refractivity contribution < 1.29 is 0 Å². The van der Waals surface area contributed by atoms with Gasteiger partial charge in [-0.15, -0.1) is 0 Å². The normalized spacial score (nSPS) is 29.6. The van der Waals surface area contributed by atoms with Gasteiger partial charge in [-0.25, -0.2) is 0 Å². The zero-order chi connectivity index (χ0) is 5.98. The molecule has 2 heteroatoms. The first-order chi connectivity index (χ1) is 3.80. The summed E-state index contributed by atoms with van der Waals surface area (Å²) in [5, 5.41) is 0. The van der Waals surface area contributed by atoms with E-state index in [0.717, 1.165) is 12.5 Å². The van der Waals surface area contributed by atoms with Gasteiger partial charge >= 0.3 is 0 Å². The summed E-state index contributed by atoms with van der Waals surface area (Å²) in [6.07, 6.45) is 1.28. The maximum absolute atomic E-state index is 3.21. The lowest BCUT2D eigenvalue weighted by molar-refractivity contribution is 0.431. The molecule has 1 aliphatic heterocycles. The molecule has 0 amide bonds. The molecule has 2 N–H and O–H groups in total. The van der Waals surface area contributed by atoms with Crippen LogP contribution in [0.5, 0.6) is 0 Å². The lowest BCUT2D eigenvalue weighted by atomic mass is 10.0. The van der Waals surface area contributed by atoms with Gasteiger partial charge in [0.1, 0.15) is 0 Å². The SMILES string of the molecule is CC(C)C1CCNN1. The van der Waals surface area contributed by atoms with Crippen LogP contribution in [0.4, 0.5) is 0 Å². The molecule has 1 fully saturated rings. The number of rotatable bonds is 1. The second-order valence-electron chi connectivity index (χ2n) is 2.71. The van der Waals surface area contributed by atoms with Crippen LogP contribution >= 0.6 is 0 Å². The van der Waals surface area contributed by atoms with Crippen molar-refractivity contribution in [2.45, 2.75) is 26.3 Å². The minimum absolute atomic E-state index is 0.704. The fourth-order valence-electron chi connectivity index (χ4n) is 1.00. The Balaban J connectivity index is 2.24. The van der Waals surface area contributed by atoms with Crippen molar-refractivity contribution in [1.82, 2.24) is 10.9 Å². The molecular weight excluding hydrogens is 100 g/mol. The Kier molecular flexibility index (Phi) is 1.86. The molecule has 48 valence electrons. The van der Waals surface area contributed by atoms with E-state index in [0.29, 0.717) is 6.04 Å². The van der Waals surface area contributed by atoms with Crippen LogP contribution in [0.2, 0.25) is 0 Å². The maximum Gasteiger partial charge on any atom is 0.0248 e. The smallest absolute Gasteiger partial charge is 0.0248 e. The fraction of sp³-hybridized carbons (Fsp3) is 1.00. The molecule has 0 aromatic carbocycles. The molecule has 0 aromatic rings. The first kappa shape index (κ1) is 6.05. The maximum atomic E-state index is 3.21. The average Bonchev–Trinajstić information content (AvgIpc) is 2.12. The van der Waals surface area contributed by atoms with Gasteiger partial charge in [0.2, 0.25) is 0 Å². The number of hydrogen-bond donors (Lipinski definition) is 2. The number of hydrogen-bond acceptors (Lipinski definition) is 2. The van der Waals surface area contributed by atoms with Crippen molar-refractivity contribution in [3.8, 4) is 0 Å². The van der Waals surface area contributed by atoms with E-state index in [2.05, 4.69) is 24.7 Å². The van der Waals surface area contributed by atoms with Crippen LogP contribution in [0.3, 0.4) is 0 Å². The first-order valence-electron chi connectivity index (χ1n) is 3.29. The molecule has 0 aromatic heterocycles. The van der Waals surface area contributed by atoms with E-state index in [4.69, 9.17) is 0 Å². The Morgan fingerprint density at radius 1 is 1.50 bits per heavy atom. The summed E-state index contributed by atoms with van der Waals surface area (Å²) in [5.74, 6) is 0.769. The molecule has 0 aliphatic carbocycles. The molecule has 1 atom stereocenters. The van der Waals surface area contributed by atoms with Crippen molar-refractivity contribution in [2.75, 3.05) is 6.54 Å². The Labute approximate surface area is 50.6 Å². The predicted octanol–water partition coefficient (Wildman–Crippen LogP) is 0.509. The molecule has 0 saturated carbocycles. The van der Waals surface area contributed by atoms with Gasteiger partial charge < -0.3 is 0 Å². The van der Waals surface area contributed by atoms with Crippen LogP contribution in [0.1, 0.15) is 20.3 Å². The topological polar surface area (TPSA) is 24.1 Å². The van der Waals surface area contributed by atoms with Gasteiger partial charge in [-0.3, -0.25) is 10.9 Å². The summed E-state index contributed by atoms with van der Waals surface area (Å²) < 4.78 is 0. The zero-order valence-corrected chi connectivity index (χ0v) is 5.57. The third-order valence-corrected chi connectivity index (χ3v) is 1.67. The van der Waals surface area contributed by atoms with Gasteiger partial charge in [-0.2, -0.15) is 0 Å². The summed E-state index contributed by atoms with van der Waals surface area (Å²) in [4.78, 5) is 0. The van der Waals surface area contributed by atoms with E-state index in [1.54, 1.807) is 0 Å². The van der Waals surface area contributed by atoms with Gasteiger partial charge in [0.25, 0.3) is 0 Å². The van der Waals surface area contributed by atoms with E-state index in [1.807, 2.05) is 0 Å². The highest BCUT2D eigenvalue weighted by molar-refractivity contribution is 4.73. The van der Waals surface area contributed by atoms with Crippen molar-refractivity contribution in [3.05, 3.63) is 0 Å². The Morgan fingerprint density at radius 2 is 2.25 bits per heavy atom. The fourth-order valence-corrected chi connectivity index (χ4v) is 1.00. The highest BCUT2D eigenvalue weighted by Gasteiger charge is 2.15. The Morgan fingerprint density at radius 3 is 2.50 bits per heavy atom. The molecule has 1 unspecified atom stereocenters.